The summed E-state index contributed by atoms with van der Waals surface area (Å²) in [4.78, 5) is 64.8. The number of nitrogens with two attached hydrogens (primary N) is 1. The largest absolute Gasteiger partial charge is 0.439 e. The van der Waals surface area contributed by atoms with Crippen LogP contribution in [0.3, 0.4) is 0 Å². The first-order chi connectivity index (χ1) is 14.3. The van der Waals surface area contributed by atoms with E-state index in [0.717, 1.165) is 4.90 Å². The molecule has 0 bridgehead atoms. The molecule has 12 nitrogen and oxygen atoms in total. The summed E-state index contributed by atoms with van der Waals surface area (Å²) in [6.45, 7) is -0.318. The lowest BCUT2D eigenvalue weighted by atomic mass is 9.94. The van der Waals surface area contributed by atoms with E-state index in [9.17, 15) is 24.0 Å². The Morgan fingerprint density at radius 2 is 1.70 bits per heavy atom. The summed E-state index contributed by atoms with van der Waals surface area (Å²) in [5.74, 6) is -1.87. The summed E-state index contributed by atoms with van der Waals surface area (Å²) < 4.78 is 5.57. The van der Waals surface area contributed by atoms with Crippen LogP contribution in [0, 0.1) is 0 Å². The van der Waals surface area contributed by atoms with Crippen LogP contribution in [-0.2, 0) is 9.59 Å². The average molecular weight is 410 g/mol. The van der Waals surface area contributed by atoms with Crippen LogP contribution in [0.2, 0.25) is 0 Å². The number of barbiturate groups is 1. The van der Waals surface area contributed by atoms with Crippen LogP contribution < -0.4 is 31.3 Å². The molecule has 1 spiro atoms. The summed E-state index contributed by atoms with van der Waals surface area (Å²) in [5, 5.41) is 6.43. The van der Waals surface area contributed by atoms with Crippen molar-refractivity contribution in [2.45, 2.75) is 5.54 Å². The standard InChI is InChI=1S/C18H14N6O6/c19-13(25)9-1-4-11(5-2-9)30-12-6-3-10(7-20-12)24-17(29)21-8-18(24)14(26)22-16(28)23-15(18)27/h1-7H,8H2,(H2,19,25)(H,21,29)(H2,22,23,26,27,28). The van der Waals surface area contributed by atoms with Gasteiger partial charge in [0.15, 0.2) is 0 Å². The fraction of sp³-hybridized carbons (Fsp3) is 0.111. The van der Waals surface area contributed by atoms with Gasteiger partial charge in [0, 0.05) is 11.6 Å². The van der Waals surface area contributed by atoms with Crippen LogP contribution >= 0.6 is 0 Å². The third-order valence-corrected chi connectivity index (χ3v) is 4.63. The van der Waals surface area contributed by atoms with E-state index in [-0.39, 0.29) is 18.1 Å². The fourth-order valence-corrected chi connectivity index (χ4v) is 3.16. The summed E-state index contributed by atoms with van der Waals surface area (Å²) in [6, 6.07) is 7.26. The summed E-state index contributed by atoms with van der Waals surface area (Å²) in [5.41, 5.74) is 3.68. The number of nitrogens with one attached hydrogen (secondary N) is 3. The van der Waals surface area contributed by atoms with Crippen LogP contribution in [0.25, 0.3) is 0 Å². The minimum Gasteiger partial charge on any atom is -0.439 e. The van der Waals surface area contributed by atoms with Crippen molar-refractivity contribution in [2.75, 3.05) is 11.4 Å². The molecule has 3 heterocycles. The molecule has 0 aliphatic carbocycles. The van der Waals surface area contributed by atoms with Gasteiger partial charge in [0.1, 0.15) is 5.75 Å². The van der Waals surface area contributed by atoms with Gasteiger partial charge in [0.05, 0.1) is 18.4 Å². The second kappa shape index (κ2) is 6.84. The number of anilines is 1. The van der Waals surface area contributed by atoms with Crippen molar-refractivity contribution in [3.8, 4) is 11.6 Å². The number of urea groups is 2. The Hall–Kier alpha value is -4.48. The van der Waals surface area contributed by atoms with Crippen LogP contribution in [0.5, 0.6) is 11.6 Å². The molecule has 2 aliphatic heterocycles. The number of ether oxygens (including phenoxy) is 1. The molecule has 1 aromatic carbocycles. The molecule has 4 rings (SSSR count). The first-order valence-electron chi connectivity index (χ1n) is 8.60. The Morgan fingerprint density at radius 1 is 1.03 bits per heavy atom. The minimum absolute atomic E-state index is 0.140. The average Bonchev–Trinajstić information content (AvgIpc) is 3.06. The Labute approximate surface area is 168 Å². The molecule has 0 saturated carbocycles. The van der Waals surface area contributed by atoms with Gasteiger partial charge in [-0.15, -0.1) is 0 Å². The molecular formula is C18H14N6O6. The molecule has 152 valence electrons. The van der Waals surface area contributed by atoms with E-state index in [1.165, 1.54) is 42.6 Å². The third-order valence-electron chi connectivity index (χ3n) is 4.63. The van der Waals surface area contributed by atoms with Crippen molar-refractivity contribution < 1.29 is 28.7 Å². The first-order valence-corrected chi connectivity index (χ1v) is 8.60. The molecule has 1 aromatic heterocycles. The monoisotopic (exact) mass is 410 g/mol. The van der Waals surface area contributed by atoms with Crippen LogP contribution in [-0.4, -0.2) is 46.9 Å². The van der Waals surface area contributed by atoms with Crippen LogP contribution in [0.15, 0.2) is 42.6 Å². The van der Waals surface area contributed by atoms with Gasteiger partial charge in [-0.1, -0.05) is 0 Å². The highest BCUT2D eigenvalue weighted by atomic mass is 16.5. The highest BCUT2D eigenvalue weighted by Crippen LogP contribution is 2.31. The summed E-state index contributed by atoms with van der Waals surface area (Å²) in [6.07, 6.45) is 1.25. The van der Waals surface area contributed by atoms with E-state index < -0.39 is 35.3 Å². The maximum absolute atomic E-state index is 12.4. The normalized spacial score (nSPS) is 17.4. The Balaban J connectivity index is 1.59. The number of imide groups is 2. The van der Waals surface area contributed by atoms with Crippen molar-refractivity contribution in [1.82, 2.24) is 20.9 Å². The molecule has 2 aliphatic rings. The number of rotatable bonds is 4. The molecule has 2 fully saturated rings. The van der Waals surface area contributed by atoms with Crippen molar-refractivity contribution in [2.24, 2.45) is 5.73 Å². The number of hydrogen-bond acceptors (Lipinski definition) is 7. The zero-order valence-electron chi connectivity index (χ0n) is 15.2. The molecule has 5 N–H and O–H groups in total. The molecular weight excluding hydrogens is 396 g/mol. The Morgan fingerprint density at radius 3 is 2.27 bits per heavy atom. The smallest absolute Gasteiger partial charge is 0.328 e. The lowest BCUT2D eigenvalue weighted by Crippen LogP contribution is -2.73. The third kappa shape index (κ3) is 2.96. The van der Waals surface area contributed by atoms with Crippen LogP contribution in [0.4, 0.5) is 15.3 Å². The second-order valence-electron chi connectivity index (χ2n) is 6.44. The lowest BCUT2D eigenvalue weighted by Gasteiger charge is -2.35. The van der Waals surface area contributed by atoms with Crippen molar-refractivity contribution in [3.63, 3.8) is 0 Å². The molecule has 2 saturated heterocycles. The summed E-state index contributed by atoms with van der Waals surface area (Å²) in [7, 11) is 0. The van der Waals surface area contributed by atoms with Crippen molar-refractivity contribution in [3.05, 3.63) is 48.2 Å². The molecule has 2 aromatic rings. The summed E-state index contributed by atoms with van der Waals surface area (Å²) >= 11 is 0. The second-order valence-corrected chi connectivity index (χ2v) is 6.44. The maximum atomic E-state index is 12.4. The zero-order valence-corrected chi connectivity index (χ0v) is 15.2. The number of benzene rings is 1. The predicted molar refractivity (Wildman–Crippen MR) is 99.6 cm³/mol. The molecule has 12 heteroatoms. The maximum Gasteiger partial charge on any atom is 0.328 e. The highest BCUT2D eigenvalue weighted by molar-refractivity contribution is 6.28. The predicted octanol–water partition coefficient (Wildman–Crippen LogP) is -0.393. The Bertz CT molecular complexity index is 1060. The zero-order chi connectivity index (χ0) is 21.5. The number of nitrogens with zero attached hydrogens (tertiary/aromatic N) is 2. The van der Waals surface area contributed by atoms with E-state index >= 15 is 0 Å². The number of amides is 7. The van der Waals surface area contributed by atoms with E-state index in [0.29, 0.717) is 11.3 Å². The van der Waals surface area contributed by atoms with Gasteiger partial charge in [-0.25, -0.2) is 14.6 Å². The quantitative estimate of drug-likeness (QED) is 0.497. The molecule has 30 heavy (non-hydrogen) atoms. The van der Waals surface area contributed by atoms with Gasteiger partial charge >= 0.3 is 12.1 Å². The fourth-order valence-electron chi connectivity index (χ4n) is 3.16. The Kier molecular flexibility index (Phi) is 4.30. The molecule has 0 atom stereocenters. The van der Waals surface area contributed by atoms with Crippen molar-refractivity contribution in [1.29, 1.82) is 0 Å². The molecule has 0 radical (unpaired) electrons. The number of hydrogen-bond donors (Lipinski definition) is 4. The van der Waals surface area contributed by atoms with Gasteiger partial charge in [0.25, 0.3) is 11.8 Å². The lowest BCUT2D eigenvalue weighted by molar-refractivity contribution is -0.136. The van der Waals surface area contributed by atoms with Gasteiger partial charge < -0.3 is 15.8 Å². The molecule has 0 unspecified atom stereocenters. The van der Waals surface area contributed by atoms with Gasteiger partial charge in [-0.3, -0.25) is 29.9 Å². The van der Waals surface area contributed by atoms with Crippen LogP contribution in [0.1, 0.15) is 10.4 Å². The highest BCUT2D eigenvalue weighted by Gasteiger charge is 2.60. The first kappa shape index (κ1) is 18.9. The topological polar surface area (TPSA) is 173 Å². The number of carbonyl (C=O) groups is 5. The van der Waals surface area contributed by atoms with E-state index in [2.05, 4.69) is 10.3 Å². The van der Waals surface area contributed by atoms with E-state index in [4.69, 9.17) is 10.5 Å². The SMILES string of the molecule is NC(=O)c1ccc(Oc2ccc(N3C(=O)NCC34C(=O)NC(=O)NC4=O)cn2)cc1. The van der Waals surface area contributed by atoms with Crippen molar-refractivity contribution >= 4 is 35.5 Å². The number of pyridine rings is 1. The van der Waals surface area contributed by atoms with Gasteiger partial charge in [0.2, 0.25) is 17.3 Å². The van der Waals surface area contributed by atoms with E-state index in [1.54, 1.807) is 0 Å². The number of carbonyl (C=O) groups excluding carboxylic acids is 5. The van der Waals surface area contributed by atoms with Gasteiger partial charge in [-0.2, -0.15) is 0 Å². The minimum atomic E-state index is -1.96. The van der Waals surface area contributed by atoms with Gasteiger partial charge in [-0.05, 0) is 30.3 Å². The number of aromatic nitrogens is 1. The molecule has 7 amide bonds. The van der Waals surface area contributed by atoms with E-state index in [1.807, 2.05) is 10.6 Å². The number of primary amides is 1.